The molecule has 0 radical (unpaired) electrons. The highest BCUT2D eigenvalue weighted by molar-refractivity contribution is 7.99. The van der Waals surface area contributed by atoms with E-state index in [0.717, 1.165) is 17.5 Å². The Morgan fingerprint density at radius 3 is 2.55 bits per heavy atom. The van der Waals surface area contributed by atoms with Crippen LogP contribution in [0, 0.1) is 5.82 Å². The smallest absolute Gasteiger partial charge is 0.242 e. The van der Waals surface area contributed by atoms with Crippen molar-refractivity contribution in [2.24, 2.45) is 0 Å². The standard InChI is InChI=1S/C22H26ClFN2O2S/c1-3-11-25-22(28)16(2)26(13-18-5-4-6-19(23)12-18)21(27)15-29-14-17-7-9-20(24)10-8-17/h4-10,12,16H,3,11,13-15H2,1-2H3,(H,25,28)/t16-/m0/s1. The van der Waals surface area contributed by atoms with Crippen LogP contribution in [0.3, 0.4) is 0 Å². The van der Waals surface area contributed by atoms with Crippen molar-refractivity contribution in [3.05, 3.63) is 70.5 Å². The Hall–Kier alpha value is -2.05. The fourth-order valence-electron chi connectivity index (χ4n) is 2.73. The number of hydrogen-bond acceptors (Lipinski definition) is 3. The van der Waals surface area contributed by atoms with Gasteiger partial charge >= 0.3 is 0 Å². The van der Waals surface area contributed by atoms with E-state index in [1.807, 2.05) is 19.1 Å². The third kappa shape index (κ3) is 7.71. The van der Waals surface area contributed by atoms with E-state index in [-0.39, 0.29) is 23.4 Å². The van der Waals surface area contributed by atoms with Gasteiger partial charge in [0.05, 0.1) is 5.75 Å². The Labute approximate surface area is 180 Å². The maximum atomic E-state index is 13.0. The van der Waals surface area contributed by atoms with Crippen LogP contribution in [-0.2, 0) is 21.9 Å². The normalized spacial score (nSPS) is 11.7. The maximum Gasteiger partial charge on any atom is 0.242 e. The molecule has 0 aliphatic heterocycles. The van der Waals surface area contributed by atoms with Gasteiger partial charge in [0, 0.05) is 23.9 Å². The van der Waals surface area contributed by atoms with E-state index < -0.39 is 6.04 Å². The van der Waals surface area contributed by atoms with Gasteiger partial charge in [-0.2, -0.15) is 0 Å². The van der Waals surface area contributed by atoms with Gasteiger partial charge in [0.1, 0.15) is 11.9 Å². The minimum absolute atomic E-state index is 0.128. The molecule has 0 unspecified atom stereocenters. The number of thioether (sulfide) groups is 1. The molecule has 0 saturated heterocycles. The van der Waals surface area contributed by atoms with Gasteiger partial charge < -0.3 is 10.2 Å². The van der Waals surface area contributed by atoms with Crippen molar-refractivity contribution < 1.29 is 14.0 Å². The number of carbonyl (C=O) groups excluding carboxylic acids is 2. The Morgan fingerprint density at radius 1 is 1.17 bits per heavy atom. The summed E-state index contributed by atoms with van der Waals surface area (Å²) in [6.07, 6.45) is 0.828. The second-order valence-corrected chi connectivity index (χ2v) is 8.16. The van der Waals surface area contributed by atoms with Gasteiger partial charge in [0.25, 0.3) is 0 Å². The van der Waals surface area contributed by atoms with Gasteiger partial charge in [0.15, 0.2) is 0 Å². The molecule has 0 bridgehead atoms. The minimum Gasteiger partial charge on any atom is -0.354 e. The molecule has 1 atom stereocenters. The Balaban J connectivity index is 2.04. The lowest BCUT2D eigenvalue weighted by atomic mass is 10.1. The molecule has 29 heavy (non-hydrogen) atoms. The van der Waals surface area contributed by atoms with E-state index in [2.05, 4.69) is 5.32 Å². The highest BCUT2D eigenvalue weighted by Gasteiger charge is 2.25. The summed E-state index contributed by atoms with van der Waals surface area (Å²) in [6.45, 7) is 4.59. The van der Waals surface area contributed by atoms with E-state index in [4.69, 9.17) is 11.6 Å². The molecule has 0 aliphatic carbocycles. The van der Waals surface area contributed by atoms with Crippen LogP contribution in [0.2, 0.25) is 5.02 Å². The third-order valence-corrected chi connectivity index (χ3v) is 5.59. The number of nitrogens with zero attached hydrogens (tertiary/aromatic N) is 1. The van der Waals surface area contributed by atoms with Crippen molar-refractivity contribution >= 4 is 35.2 Å². The summed E-state index contributed by atoms with van der Waals surface area (Å²) in [5.41, 5.74) is 1.81. The molecule has 2 rings (SSSR count). The topological polar surface area (TPSA) is 49.4 Å². The minimum atomic E-state index is -0.598. The quantitative estimate of drug-likeness (QED) is 0.589. The fraction of sp³-hybridized carbons (Fsp3) is 0.364. The van der Waals surface area contributed by atoms with Crippen LogP contribution >= 0.6 is 23.4 Å². The molecule has 156 valence electrons. The zero-order valence-corrected chi connectivity index (χ0v) is 18.2. The molecule has 2 aromatic rings. The van der Waals surface area contributed by atoms with Crippen molar-refractivity contribution in [3.63, 3.8) is 0 Å². The highest BCUT2D eigenvalue weighted by atomic mass is 35.5. The summed E-state index contributed by atoms with van der Waals surface area (Å²) in [6, 6.07) is 12.9. The molecular weight excluding hydrogens is 411 g/mol. The molecule has 0 saturated carbocycles. The fourth-order valence-corrected chi connectivity index (χ4v) is 3.81. The first-order chi connectivity index (χ1) is 13.9. The summed E-state index contributed by atoms with van der Waals surface area (Å²) in [4.78, 5) is 27.0. The predicted molar refractivity (Wildman–Crippen MR) is 117 cm³/mol. The molecule has 0 spiro atoms. The van der Waals surface area contributed by atoms with E-state index in [9.17, 15) is 14.0 Å². The van der Waals surface area contributed by atoms with E-state index in [1.54, 1.807) is 36.1 Å². The maximum absolute atomic E-state index is 13.0. The van der Waals surface area contributed by atoms with Gasteiger partial charge in [-0.1, -0.05) is 42.8 Å². The first-order valence-corrected chi connectivity index (χ1v) is 11.1. The van der Waals surface area contributed by atoms with Gasteiger partial charge in [0.2, 0.25) is 11.8 Å². The molecule has 2 aromatic carbocycles. The zero-order chi connectivity index (χ0) is 21.2. The third-order valence-electron chi connectivity index (χ3n) is 4.37. The number of benzene rings is 2. The van der Waals surface area contributed by atoms with Crippen molar-refractivity contribution in [1.29, 1.82) is 0 Å². The molecule has 0 fully saturated rings. The zero-order valence-electron chi connectivity index (χ0n) is 16.7. The monoisotopic (exact) mass is 436 g/mol. The molecular formula is C22H26ClFN2O2S. The summed E-state index contributed by atoms with van der Waals surface area (Å²) in [7, 11) is 0. The summed E-state index contributed by atoms with van der Waals surface area (Å²) >= 11 is 7.51. The second-order valence-electron chi connectivity index (χ2n) is 6.74. The molecule has 7 heteroatoms. The lowest BCUT2D eigenvalue weighted by molar-refractivity contribution is -0.138. The molecule has 4 nitrogen and oxygen atoms in total. The number of halogens is 2. The van der Waals surface area contributed by atoms with Crippen LogP contribution in [0.5, 0.6) is 0 Å². The number of rotatable bonds is 10. The summed E-state index contributed by atoms with van der Waals surface area (Å²) < 4.78 is 13.0. The average molecular weight is 437 g/mol. The van der Waals surface area contributed by atoms with Crippen molar-refractivity contribution in [2.75, 3.05) is 12.3 Å². The average Bonchev–Trinajstić information content (AvgIpc) is 2.71. The number of nitrogens with one attached hydrogen (secondary N) is 1. The number of carbonyl (C=O) groups is 2. The van der Waals surface area contributed by atoms with Crippen LogP contribution in [0.1, 0.15) is 31.4 Å². The first kappa shape index (κ1) is 23.2. The van der Waals surface area contributed by atoms with Gasteiger partial charge in [-0.3, -0.25) is 9.59 Å². The summed E-state index contributed by atoms with van der Waals surface area (Å²) in [5, 5.41) is 3.44. The van der Waals surface area contributed by atoms with Gasteiger partial charge in [-0.05, 0) is 48.7 Å². The van der Waals surface area contributed by atoms with Crippen LogP contribution in [-0.4, -0.2) is 35.1 Å². The van der Waals surface area contributed by atoms with Crippen LogP contribution in [0.25, 0.3) is 0 Å². The molecule has 0 aliphatic rings. The molecule has 1 N–H and O–H groups in total. The SMILES string of the molecule is CCCNC(=O)[C@H](C)N(Cc1cccc(Cl)c1)C(=O)CSCc1ccc(F)cc1. The Bertz CT molecular complexity index is 817. The first-order valence-electron chi connectivity index (χ1n) is 9.54. The number of amides is 2. The van der Waals surface area contributed by atoms with E-state index in [1.165, 1.54) is 23.9 Å². The molecule has 2 amide bonds. The highest BCUT2D eigenvalue weighted by Crippen LogP contribution is 2.18. The van der Waals surface area contributed by atoms with E-state index in [0.29, 0.717) is 23.9 Å². The van der Waals surface area contributed by atoms with Crippen LogP contribution in [0.15, 0.2) is 48.5 Å². The van der Waals surface area contributed by atoms with Crippen LogP contribution in [0.4, 0.5) is 4.39 Å². The van der Waals surface area contributed by atoms with Crippen molar-refractivity contribution in [1.82, 2.24) is 10.2 Å². The lowest BCUT2D eigenvalue weighted by Gasteiger charge is -2.28. The second kappa shape index (κ2) is 11.8. The predicted octanol–water partition coefficient (Wildman–Crippen LogP) is 4.66. The molecule has 0 aromatic heterocycles. The van der Waals surface area contributed by atoms with E-state index >= 15 is 0 Å². The Kier molecular flexibility index (Phi) is 9.48. The van der Waals surface area contributed by atoms with Gasteiger partial charge in [-0.15, -0.1) is 11.8 Å². The summed E-state index contributed by atoms with van der Waals surface area (Å²) in [5.74, 6) is 0.230. The van der Waals surface area contributed by atoms with Crippen LogP contribution < -0.4 is 5.32 Å². The molecule has 0 heterocycles. The number of hydrogen-bond donors (Lipinski definition) is 1. The Morgan fingerprint density at radius 2 is 1.90 bits per heavy atom. The van der Waals surface area contributed by atoms with Crippen molar-refractivity contribution in [2.45, 2.75) is 38.6 Å². The largest absolute Gasteiger partial charge is 0.354 e. The lowest BCUT2D eigenvalue weighted by Crippen LogP contribution is -2.48. The van der Waals surface area contributed by atoms with Crippen molar-refractivity contribution in [3.8, 4) is 0 Å². The van der Waals surface area contributed by atoms with Gasteiger partial charge in [-0.25, -0.2) is 4.39 Å².